The number of carbonyl (C=O) groups is 2. The summed E-state index contributed by atoms with van der Waals surface area (Å²) in [4.78, 5) is 24.0. The molecule has 0 aliphatic carbocycles. The molecule has 0 heterocycles. The number of Topliss-reactive ketones (excluding diaryl/α,β-unsaturated/α-hetero) is 2. The van der Waals surface area contributed by atoms with E-state index in [0.717, 1.165) is 5.56 Å². The number of ketones is 2. The topological polar surface area (TPSA) is 51.2 Å². The monoisotopic (exact) mass is 994 g/mol. The van der Waals surface area contributed by atoms with Crippen LogP contribution < -0.4 is 21.9 Å². The minimum absolute atomic E-state index is 0.0108. The molecule has 6 rings (SSSR count). The number of carbonyl (C=O) groups excluding carboxylic acids is 2. The van der Waals surface area contributed by atoms with Gasteiger partial charge in [0.25, 0.3) is 0 Å². The molecule has 67 heavy (non-hydrogen) atoms. The van der Waals surface area contributed by atoms with Gasteiger partial charge in [0.2, 0.25) is 5.78 Å². The molecule has 0 bridgehead atoms. The Balaban J connectivity index is 0.000000319. The minimum atomic E-state index is -7.22. The van der Waals surface area contributed by atoms with Crippen LogP contribution in [0, 0.1) is 116 Å². The third-order valence-corrected chi connectivity index (χ3v) is 12.2. The quantitative estimate of drug-likeness (QED) is 0.0344. The van der Waals surface area contributed by atoms with E-state index in [9.17, 15) is 66.5 Å². The van der Waals surface area contributed by atoms with Crippen molar-refractivity contribution in [2.45, 2.75) is 18.2 Å². The van der Waals surface area contributed by atoms with Gasteiger partial charge in [-0.05, 0) is 24.6 Å². The van der Waals surface area contributed by atoms with E-state index < -0.39 is 154 Å². The Morgan fingerprint density at radius 1 is 0.403 bits per heavy atom. The van der Waals surface area contributed by atoms with E-state index in [0.29, 0.717) is 16.9 Å². The van der Waals surface area contributed by atoms with Crippen molar-refractivity contribution in [2.75, 3.05) is 12.0 Å². The maximum absolute atomic E-state index is 15.4. The first-order valence-electron chi connectivity index (χ1n) is 18.0. The van der Waals surface area contributed by atoms with Crippen molar-refractivity contribution in [3.8, 4) is 0 Å². The zero-order valence-electron chi connectivity index (χ0n) is 32.9. The van der Waals surface area contributed by atoms with Crippen LogP contribution in [-0.4, -0.2) is 29.7 Å². The normalized spacial score (nSPS) is 12.4. The molecule has 354 valence electrons. The molecule has 0 amide bonds. The number of halogens is 20. The maximum Gasteiger partial charge on any atom is 0.212 e. The minimum Gasteiger partial charge on any atom is -0.300 e. The van der Waals surface area contributed by atoms with Crippen LogP contribution in [0.25, 0.3) is 0 Å². The molecule has 6 aromatic rings. The summed E-state index contributed by atoms with van der Waals surface area (Å²) in [6.07, 6.45) is -5.24. The van der Waals surface area contributed by atoms with Crippen molar-refractivity contribution in [1.82, 2.24) is 0 Å². The molecular formula is C42H19BF20O3S. The molecule has 3 nitrogen and oxygen atoms in total. The van der Waals surface area contributed by atoms with Gasteiger partial charge in [-0.2, -0.15) is 0 Å². The standard InChI is InChI=1S/C24BF20.C18H19O3S/c26-5-1(6(27)14(35)21(42)13(5)34)25(2-7(28)15(36)22(43)16(37)8(2)29,3-9(30)17(38)23(44)18(39)10(3)31)4-11(32)19(40)24(45)20(41)12(4)33;1-14(19)12-15-8-10-17(11-9-15)22(2,21)13-18(20)16-6-4-3-5-7-16/h;3-11H,12-13H2,1-2H3/q-1;+1. The molecule has 1 atom stereocenters. The van der Waals surface area contributed by atoms with E-state index in [1.807, 2.05) is 6.07 Å². The number of rotatable bonds is 10. The van der Waals surface area contributed by atoms with E-state index >= 15 is 35.1 Å². The molecule has 0 saturated heterocycles. The van der Waals surface area contributed by atoms with E-state index in [1.54, 1.807) is 54.8 Å². The van der Waals surface area contributed by atoms with Gasteiger partial charge in [-0.25, -0.2) is 87.8 Å². The van der Waals surface area contributed by atoms with Gasteiger partial charge in [0.1, 0.15) is 74.7 Å². The van der Waals surface area contributed by atoms with Crippen molar-refractivity contribution in [3.63, 3.8) is 0 Å². The average molecular weight is 994 g/mol. The lowest BCUT2D eigenvalue weighted by atomic mass is 9.12. The van der Waals surface area contributed by atoms with Gasteiger partial charge in [-0.3, -0.25) is 9.59 Å². The molecule has 0 saturated carbocycles. The summed E-state index contributed by atoms with van der Waals surface area (Å²) in [5.41, 5.74) is -12.9. The Hall–Kier alpha value is -6.53. The SMILES string of the molecule is CC(=O)Cc1ccc([S+](C)(=O)CC(=O)c2ccccc2)cc1.Fc1c(F)c(F)c([B-](c2c(F)c(F)c(F)c(F)c2F)(c2c(F)c(F)c(F)c(F)c2F)c2c(F)c(F)c(F)c(F)c2F)c(F)c1F. The molecule has 25 heteroatoms. The summed E-state index contributed by atoms with van der Waals surface area (Å²) in [5.74, 6) is -71.5. The fourth-order valence-electron chi connectivity index (χ4n) is 7.10. The van der Waals surface area contributed by atoms with Crippen LogP contribution in [-0.2, 0) is 25.4 Å². The first kappa shape index (κ1) is 51.5. The second-order valence-corrected chi connectivity index (χ2v) is 17.0. The van der Waals surface area contributed by atoms with Gasteiger partial charge >= 0.3 is 0 Å². The summed E-state index contributed by atoms with van der Waals surface area (Å²) < 4.78 is 307. The molecule has 0 spiro atoms. The smallest absolute Gasteiger partial charge is 0.212 e. The molecule has 0 radical (unpaired) electrons. The average Bonchev–Trinajstić information content (AvgIpc) is 3.29. The first-order valence-corrected chi connectivity index (χ1v) is 20.1. The lowest BCUT2D eigenvalue weighted by Gasteiger charge is -2.44. The van der Waals surface area contributed by atoms with Gasteiger partial charge < -0.3 is 0 Å². The third-order valence-electron chi connectivity index (χ3n) is 10.1. The molecule has 1 unspecified atom stereocenters. The Bertz CT molecular complexity index is 2680. The second kappa shape index (κ2) is 19.0. The van der Waals surface area contributed by atoms with Crippen molar-refractivity contribution in [2.24, 2.45) is 0 Å². The van der Waals surface area contributed by atoms with Crippen LogP contribution in [0.5, 0.6) is 0 Å². The van der Waals surface area contributed by atoms with Crippen molar-refractivity contribution in [1.29, 1.82) is 0 Å². The van der Waals surface area contributed by atoms with Crippen LogP contribution in [0.3, 0.4) is 0 Å². The molecule has 0 aliphatic rings. The van der Waals surface area contributed by atoms with Gasteiger partial charge in [-0.15, -0.1) is 21.9 Å². The molecule has 0 N–H and O–H groups in total. The maximum atomic E-state index is 15.4. The van der Waals surface area contributed by atoms with E-state index in [4.69, 9.17) is 0 Å². The summed E-state index contributed by atoms with van der Waals surface area (Å²) in [6, 6.07) is 16.0. The van der Waals surface area contributed by atoms with E-state index in [2.05, 4.69) is 0 Å². The predicted molar refractivity (Wildman–Crippen MR) is 198 cm³/mol. The van der Waals surface area contributed by atoms with Crippen LogP contribution in [0.2, 0.25) is 0 Å². The summed E-state index contributed by atoms with van der Waals surface area (Å²) in [6.45, 7) is 1.54. The van der Waals surface area contributed by atoms with Crippen molar-refractivity contribution < 1.29 is 102 Å². The van der Waals surface area contributed by atoms with E-state index in [-0.39, 0.29) is 17.3 Å². The van der Waals surface area contributed by atoms with Crippen LogP contribution in [0.1, 0.15) is 22.8 Å². The molecule has 0 aromatic heterocycles. The summed E-state index contributed by atoms with van der Waals surface area (Å²) in [5, 5.41) is 0. The number of benzene rings is 6. The lowest BCUT2D eigenvalue weighted by Crippen LogP contribution is -2.81. The third kappa shape index (κ3) is 8.68. The molecular weight excluding hydrogens is 975 g/mol. The van der Waals surface area contributed by atoms with E-state index in [1.165, 1.54) is 6.92 Å². The largest absolute Gasteiger partial charge is 0.300 e. The highest BCUT2D eigenvalue weighted by Crippen LogP contribution is 2.31. The summed E-state index contributed by atoms with van der Waals surface area (Å²) >= 11 is 0. The fourth-order valence-corrected chi connectivity index (χ4v) is 8.64. The Morgan fingerprint density at radius 3 is 0.910 bits per heavy atom. The lowest BCUT2D eigenvalue weighted by molar-refractivity contribution is -0.116. The van der Waals surface area contributed by atoms with Crippen LogP contribution >= 0.6 is 0 Å². The number of hydrogen-bond acceptors (Lipinski definition) is 3. The highest BCUT2D eigenvalue weighted by Gasteiger charge is 2.52. The molecule has 0 aliphatic heterocycles. The Labute approximate surface area is 363 Å². The fraction of sp³-hybridized carbons (Fsp3) is 0.0952. The summed E-state index contributed by atoms with van der Waals surface area (Å²) in [7, 11) is -2.44. The van der Waals surface area contributed by atoms with Crippen molar-refractivity contribution >= 4 is 49.5 Å². The van der Waals surface area contributed by atoms with Gasteiger partial charge in [0.15, 0.2) is 80.5 Å². The molecule has 0 fully saturated rings. The van der Waals surface area contributed by atoms with Gasteiger partial charge in [0, 0.05) is 12.0 Å². The number of hydrogen-bond donors (Lipinski definition) is 0. The van der Waals surface area contributed by atoms with Crippen molar-refractivity contribution in [3.05, 3.63) is 182 Å². The Morgan fingerprint density at radius 2 is 0.657 bits per heavy atom. The molecule has 6 aromatic carbocycles. The van der Waals surface area contributed by atoms with Crippen LogP contribution in [0.4, 0.5) is 87.8 Å². The highest BCUT2D eigenvalue weighted by atomic mass is 32.2. The van der Waals surface area contributed by atoms with Gasteiger partial charge in [-0.1, -0.05) is 46.7 Å². The predicted octanol–water partition coefficient (Wildman–Crippen LogP) is 9.04. The van der Waals surface area contributed by atoms with Crippen LogP contribution in [0.15, 0.2) is 59.5 Å². The zero-order valence-corrected chi connectivity index (χ0v) is 33.7. The first-order chi connectivity index (χ1) is 31.1. The Kier molecular flexibility index (Phi) is 14.6. The zero-order chi connectivity index (χ0) is 50.5. The van der Waals surface area contributed by atoms with Gasteiger partial charge in [0.05, 0.1) is 0 Å². The highest BCUT2D eigenvalue weighted by molar-refractivity contribution is 8.03. The second-order valence-electron chi connectivity index (χ2n) is 14.3.